The van der Waals surface area contributed by atoms with Crippen LogP contribution in [-0.2, 0) is 5.41 Å². The van der Waals surface area contributed by atoms with Crippen molar-refractivity contribution in [2.45, 2.75) is 44.4 Å². The molecule has 1 N–H and O–H groups in total. The lowest BCUT2D eigenvalue weighted by Crippen LogP contribution is -2.42. The molecule has 1 aliphatic carbocycles. The maximum Gasteiger partial charge on any atom is 0.291 e. The van der Waals surface area contributed by atoms with Crippen LogP contribution in [0, 0.1) is 6.92 Å². The van der Waals surface area contributed by atoms with Crippen LogP contribution in [0.4, 0.5) is 0 Å². The highest BCUT2D eigenvalue weighted by atomic mass is 16.2. The van der Waals surface area contributed by atoms with E-state index < -0.39 is 0 Å². The van der Waals surface area contributed by atoms with Gasteiger partial charge in [0.25, 0.3) is 11.7 Å². The van der Waals surface area contributed by atoms with E-state index in [1.807, 2.05) is 19.1 Å². The van der Waals surface area contributed by atoms with Crippen LogP contribution in [0.1, 0.15) is 54.0 Å². The van der Waals surface area contributed by atoms with Crippen molar-refractivity contribution < 1.29 is 4.79 Å². The molecular formula is C20H23N5O. The molecule has 2 heterocycles. The van der Waals surface area contributed by atoms with E-state index in [0.717, 1.165) is 18.5 Å². The first-order valence-corrected chi connectivity index (χ1v) is 9.20. The Morgan fingerprint density at radius 2 is 1.92 bits per heavy atom. The van der Waals surface area contributed by atoms with Crippen LogP contribution in [0.25, 0.3) is 5.78 Å². The van der Waals surface area contributed by atoms with E-state index in [1.54, 1.807) is 10.7 Å². The summed E-state index contributed by atoms with van der Waals surface area (Å²) in [5.74, 6) is 0.382. The molecule has 3 aromatic rings. The molecule has 2 aromatic heterocycles. The monoisotopic (exact) mass is 349 g/mol. The van der Waals surface area contributed by atoms with E-state index in [-0.39, 0.29) is 17.1 Å². The lowest BCUT2D eigenvalue weighted by Gasteiger charge is -2.38. The third-order valence-corrected chi connectivity index (χ3v) is 5.42. The van der Waals surface area contributed by atoms with Crippen LogP contribution in [0.3, 0.4) is 0 Å². The minimum atomic E-state index is -0.240. The molecule has 0 saturated heterocycles. The molecule has 1 saturated carbocycles. The maximum absolute atomic E-state index is 12.7. The number of fused-ring (bicyclic) bond motifs is 1. The number of rotatable bonds is 4. The van der Waals surface area contributed by atoms with Crippen LogP contribution >= 0.6 is 0 Å². The van der Waals surface area contributed by atoms with Gasteiger partial charge in [0, 0.05) is 23.9 Å². The zero-order valence-corrected chi connectivity index (χ0v) is 15.0. The third kappa shape index (κ3) is 3.07. The van der Waals surface area contributed by atoms with E-state index in [1.165, 1.54) is 24.8 Å². The largest absolute Gasteiger partial charge is 0.348 e. The van der Waals surface area contributed by atoms with Gasteiger partial charge in [0.15, 0.2) is 0 Å². The summed E-state index contributed by atoms with van der Waals surface area (Å²) >= 11 is 0. The molecule has 0 spiro atoms. The van der Waals surface area contributed by atoms with Crippen molar-refractivity contribution in [2.75, 3.05) is 6.54 Å². The van der Waals surface area contributed by atoms with E-state index in [9.17, 15) is 4.79 Å². The minimum absolute atomic E-state index is 0.00248. The Labute approximate surface area is 152 Å². The number of nitrogens with one attached hydrogen (secondary N) is 1. The van der Waals surface area contributed by atoms with Crippen molar-refractivity contribution in [3.05, 3.63) is 59.7 Å². The van der Waals surface area contributed by atoms with Crippen LogP contribution in [-0.4, -0.2) is 32.0 Å². The molecule has 6 heteroatoms. The molecule has 0 bridgehead atoms. The van der Waals surface area contributed by atoms with Gasteiger partial charge in [-0.15, -0.1) is 5.10 Å². The molecular weight excluding hydrogens is 326 g/mol. The maximum atomic E-state index is 12.7. The lowest BCUT2D eigenvalue weighted by molar-refractivity contribution is 0.0926. The number of hydrogen-bond donors (Lipinski definition) is 1. The SMILES string of the molecule is Cc1ccnc2nc(C(=O)NCC3(c4ccccc4)CCCCC3)nn12. The van der Waals surface area contributed by atoms with Gasteiger partial charge in [-0.2, -0.15) is 4.98 Å². The van der Waals surface area contributed by atoms with Crippen molar-refractivity contribution in [1.82, 2.24) is 24.9 Å². The van der Waals surface area contributed by atoms with Crippen molar-refractivity contribution in [2.24, 2.45) is 0 Å². The lowest BCUT2D eigenvalue weighted by atomic mass is 9.69. The second kappa shape index (κ2) is 6.86. The van der Waals surface area contributed by atoms with E-state index in [2.05, 4.69) is 44.6 Å². The highest BCUT2D eigenvalue weighted by molar-refractivity contribution is 5.90. The molecule has 1 fully saturated rings. The van der Waals surface area contributed by atoms with Gasteiger partial charge in [-0.1, -0.05) is 49.6 Å². The highest BCUT2D eigenvalue weighted by Crippen LogP contribution is 2.38. The number of benzene rings is 1. The molecule has 134 valence electrons. The summed E-state index contributed by atoms with van der Waals surface area (Å²) in [6.45, 7) is 2.52. The minimum Gasteiger partial charge on any atom is -0.348 e. The van der Waals surface area contributed by atoms with Gasteiger partial charge >= 0.3 is 0 Å². The number of amides is 1. The molecule has 6 nitrogen and oxygen atoms in total. The molecule has 4 rings (SSSR count). The molecule has 0 radical (unpaired) electrons. The first kappa shape index (κ1) is 16.7. The van der Waals surface area contributed by atoms with Gasteiger partial charge in [0.05, 0.1) is 0 Å². The average Bonchev–Trinajstić information content (AvgIpc) is 3.13. The Balaban J connectivity index is 1.55. The Morgan fingerprint density at radius 3 is 2.65 bits per heavy atom. The predicted molar refractivity (Wildman–Crippen MR) is 99.1 cm³/mol. The summed E-state index contributed by atoms with van der Waals surface area (Å²) < 4.78 is 1.60. The fraction of sp³-hybridized carbons (Fsp3) is 0.400. The summed E-state index contributed by atoms with van der Waals surface area (Å²) in [7, 11) is 0. The van der Waals surface area contributed by atoms with Crippen molar-refractivity contribution in [1.29, 1.82) is 0 Å². The Bertz CT molecular complexity index is 912. The zero-order valence-electron chi connectivity index (χ0n) is 15.0. The topological polar surface area (TPSA) is 72.2 Å². The Kier molecular flexibility index (Phi) is 4.41. The zero-order chi connectivity index (χ0) is 18.0. The van der Waals surface area contributed by atoms with Crippen molar-refractivity contribution >= 4 is 11.7 Å². The second-order valence-corrected chi connectivity index (χ2v) is 7.12. The molecule has 0 aliphatic heterocycles. The summed E-state index contributed by atoms with van der Waals surface area (Å²) in [5, 5.41) is 7.39. The summed E-state index contributed by atoms with van der Waals surface area (Å²) in [6, 6.07) is 12.4. The number of nitrogens with zero attached hydrogens (tertiary/aromatic N) is 4. The number of aryl methyl sites for hydroxylation is 1. The van der Waals surface area contributed by atoms with E-state index in [0.29, 0.717) is 12.3 Å². The predicted octanol–water partition coefficient (Wildman–Crippen LogP) is 3.06. The first-order valence-electron chi connectivity index (χ1n) is 9.20. The first-order chi connectivity index (χ1) is 12.7. The summed E-state index contributed by atoms with van der Waals surface area (Å²) in [4.78, 5) is 21.1. The van der Waals surface area contributed by atoms with Gasteiger partial charge in [0.1, 0.15) is 0 Å². The molecule has 0 unspecified atom stereocenters. The molecule has 0 atom stereocenters. The van der Waals surface area contributed by atoms with Gasteiger partial charge in [-0.05, 0) is 31.4 Å². The Hall–Kier alpha value is -2.76. The fourth-order valence-electron chi connectivity index (χ4n) is 3.92. The van der Waals surface area contributed by atoms with Gasteiger partial charge in [-0.3, -0.25) is 4.79 Å². The number of carbonyl (C=O) groups excluding carboxylic acids is 1. The van der Waals surface area contributed by atoms with E-state index >= 15 is 0 Å². The van der Waals surface area contributed by atoms with Gasteiger partial charge in [-0.25, -0.2) is 9.50 Å². The Morgan fingerprint density at radius 1 is 1.15 bits per heavy atom. The average molecular weight is 349 g/mol. The van der Waals surface area contributed by atoms with Gasteiger partial charge < -0.3 is 5.32 Å². The number of hydrogen-bond acceptors (Lipinski definition) is 4. The smallest absolute Gasteiger partial charge is 0.291 e. The molecule has 1 amide bonds. The summed E-state index contributed by atoms with van der Waals surface area (Å²) in [6.07, 6.45) is 7.52. The normalized spacial score (nSPS) is 16.5. The van der Waals surface area contributed by atoms with Crippen LogP contribution in [0.15, 0.2) is 42.6 Å². The van der Waals surface area contributed by atoms with Crippen LogP contribution < -0.4 is 5.32 Å². The number of aromatic nitrogens is 4. The third-order valence-electron chi connectivity index (χ3n) is 5.42. The van der Waals surface area contributed by atoms with Crippen LogP contribution in [0.5, 0.6) is 0 Å². The molecule has 1 aliphatic rings. The second-order valence-electron chi connectivity index (χ2n) is 7.12. The van der Waals surface area contributed by atoms with E-state index in [4.69, 9.17) is 0 Å². The highest BCUT2D eigenvalue weighted by Gasteiger charge is 2.34. The quantitative estimate of drug-likeness (QED) is 0.786. The number of carbonyl (C=O) groups is 1. The fourth-order valence-corrected chi connectivity index (χ4v) is 3.92. The standard InChI is InChI=1S/C20H23N5O/c1-15-10-13-21-19-23-17(24-25(15)19)18(26)22-14-20(11-6-3-7-12-20)16-8-4-2-5-9-16/h2,4-5,8-10,13H,3,6-7,11-12,14H2,1H3,(H,22,26). The molecule has 1 aromatic carbocycles. The molecule has 26 heavy (non-hydrogen) atoms. The van der Waals surface area contributed by atoms with Gasteiger partial charge in [0.2, 0.25) is 5.82 Å². The van der Waals surface area contributed by atoms with Crippen molar-refractivity contribution in [3.63, 3.8) is 0 Å². The van der Waals surface area contributed by atoms with Crippen LogP contribution in [0.2, 0.25) is 0 Å². The van der Waals surface area contributed by atoms with Crippen molar-refractivity contribution in [3.8, 4) is 0 Å². The summed E-state index contributed by atoms with van der Waals surface area (Å²) in [5.41, 5.74) is 2.21.